The Morgan fingerprint density at radius 3 is 3.13 bits per heavy atom. The second-order valence-electron chi connectivity index (χ2n) is 5.73. The van der Waals surface area contributed by atoms with Crippen LogP contribution in [0.1, 0.15) is 19.8 Å². The van der Waals surface area contributed by atoms with Crippen LogP contribution in [0.3, 0.4) is 0 Å². The molecule has 8 heteroatoms. The summed E-state index contributed by atoms with van der Waals surface area (Å²) < 4.78 is 1.60. The molecule has 122 valence electrons. The van der Waals surface area contributed by atoms with E-state index < -0.39 is 0 Å². The van der Waals surface area contributed by atoms with Crippen LogP contribution in [0.4, 0.5) is 0 Å². The molecule has 1 aliphatic heterocycles. The average molecular weight is 352 g/mol. The van der Waals surface area contributed by atoms with Gasteiger partial charge < -0.3 is 4.90 Å². The topological polar surface area (TPSA) is 63.9 Å². The molecule has 3 rings (SSSR count). The quantitative estimate of drug-likeness (QED) is 0.792. The molecule has 0 unspecified atom stereocenters. The molecule has 1 atom stereocenters. The molecule has 1 fully saturated rings. The van der Waals surface area contributed by atoms with Gasteiger partial charge in [-0.05, 0) is 47.4 Å². The molecule has 0 aliphatic carbocycles. The van der Waals surface area contributed by atoms with Crippen LogP contribution in [0, 0.1) is 5.92 Å². The minimum atomic E-state index is 0.141. The van der Waals surface area contributed by atoms with Crippen molar-refractivity contribution in [2.45, 2.75) is 24.9 Å². The van der Waals surface area contributed by atoms with Crippen molar-refractivity contribution in [2.24, 2.45) is 5.92 Å². The number of rotatable bonds is 4. The highest BCUT2D eigenvalue weighted by molar-refractivity contribution is 7.99. The maximum absolute atomic E-state index is 12.3. The van der Waals surface area contributed by atoms with Crippen LogP contribution in [-0.2, 0) is 4.79 Å². The predicted octanol–water partition coefficient (Wildman–Crippen LogP) is 2.67. The number of hydrogen-bond donors (Lipinski definition) is 0. The van der Waals surface area contributed by atoms with Gasteiger partial charge in [0.2, 0.25) is 11.1 Å². The largest absolute Gasteiger partial charge is 0.342 e. The fourth-order valence-corrected chi connectivity index (χ4v) is 3.65. The fraction of sp³-hybridized carbons (Fsp3) is 0.467. The lowest BCUT2D eigenvalue weighted by atomic mass is 10.0. The second kappa shape index (κ2) is 7.31. The van der Waals surface area contributed by atoms with Gasteiger partial charge in [0.05, 0.1) is 11.4 Å². The van der Waals surface area contributed by atoms with E-state index in [0.717, 1.165) is 25.2 Å². The van der Waals surface area contributed by atoms with E-state index in [1.807, 2.05) is 17.0 Å². The Kier molecular flexibility index (Phi) is 5.17. The van der Waals surface area contributed by atoms with Crippen molar-refractivity contribution < 1.29 is 4.79 Å². The monoisotopic (exact) mass is 351 g/mol. The van der Waals surface area contributed by atoms with Gasteiger partial charge in [-0.2, -0.15) is 4.68 Å². The molecule has 0 bridgehead atoms. The first kappa shape index (κ1) is 16.3. The zero-order valence-electron chi connectivity index (χ0n) is 12.9. The van der Waals surface area contributed by atoms with E-state index in [1.54, 1.807) is 16.8 Å². The number of thioether (sulfide) groups is 1. The van der Waals surface area contributed by atoms with Crippen LogP contribution in [0.25, 0.3) is 5.69 Å². The molecule has 1 aromatic heterocycles. The molecule has 1 aromatic carbocycles. The molecule has 1 amide bonds. The number of benzene rings is 1. The Bertz CT molecular complexity index is 692. The number of tetrazole rings is 1. The number of likely N-dealkylation sites (tertiary alicyclic amines) is 1. The van der Waals surface area contributed by atoms with Gasteiger partial charge in [-0.25, -0.2) is 0 Å². The zero-order chi connectivity index (χ0) is 16.2. The van der Waals surface area contributed by atoms with Crippen molar-refractivity contribution in [3.63, 3.8) is 0 Å². The fourth-order valence-electron chi connectivity index (χ4n) is 2.67. The summed E-state index contributed by atoms with van der Waals surface area (Å²) in [5.74, 6) is 1.06. The van der Waals surface area contributed by atoms with E-state index in [-0.39, 0.29) is 5.91 Å². The highest BCUT2D eigenvalue weighted by atomic mass is 35.5. The summed E-state index contributed by atoms with van der Waals surface area (Å²) in [6, 6.07) is 7.30. The van der Waals surface area contributed by atoms with Crippen molar-refractivity contribution in [1.29, 1.82) is 0 Å². The Balaban J connectivity index is 1.65. The lowest BCUT2D eigenvalue weighted by Crippen LogP contribution is -2.40. The van der Waals surface area contributed by atoms with Crippen molar-refractivity contribution in [3.8, 4) is 5.69 Å². The van der Waals surface area contributed by atoms with Gasteiger partial charge >= 0.3 is 0 Å². The van der Waals surface area contributed by atoms with Gasteiger partial charge in [0.25, 0.3) is 0 Å². The highest BCUT2D eigenvalue weighted by Gasteiger charge is 2.21. The smallest absolute Gasteiger partial charge is 0.233 e. The molecular formula is C15H18ClN5OS. The first-order valence-electron chi connectivity index (χ1n) is 7.58. The van der Waals surface area contributed by atoms with Crippen LogP contribution >= 0.6 is 23.4 Å². The summed E-state index contributed by atoms with van der Waals surface area (Å²) in [7, 11) is 0. The molecule has 2 aromatic rings. The molecule has 0 N–H and O–H groups in total. The van der Waals surface area contributed by atoms with Gasteiger partial charge in [0, 0.05) is 18.1 Å². The lowest BCUT2D eigenvalue weighted by molar-refractivity contribution is -0.130. The second-order valence-corrected chi connectivity index (χ2v) is 7.11. The number of nitrogens with zero attached hydrogens (tertiary/aromatic N) is 5. The molecule has 1 aliphatic rings. The molecule has 0 spiro atoms. The van der Waals surface area contributed by atoms with E-state index in [1.165, 1.54) is 18.2 Å². The van der Waals surface area contributed by atoms with Crippen molar-refractivity contribution in [3.05, 3.63) is 29.3 Å². The maximum Gasteiger partial charge on any atom is 0.233 e. The third-order valence-corrected chi connectivity index (χ3v) is 4.97. The van der Waals surface area contributed by atoms with Gasteiger partial charge in [-0.1, -0.05) is 36.4 Å². The SMILES string of the molecule is C[C@H]1CCCN(C(=O)CSc2nnnn2-c2cccc(Cl)c2)C1. The van der Waals surface area contributed by atoms with Gasteiger partial charge in [-0.15, -0.1) is 5.10 Å². The summed E-state index contributed by atoms with van der Waals surface area (Å²) in [5, 5.41) is 12.9. The molecular weight excluding hydrogens is 334 g/mol. The van der Waals surface area contributed by atoms with Crippen LogP contribution in [0.5, 0.6) is 0 Å². The van der Waals surface area contributed by atoms with Crippen LogP contribution in [0.15, 0.2) is 29.4 Å². The van der Waals surface area contributed by atoms with E-state index >= 15 is 0 Å². The minimum Gasteiger partial charge on any atom is -0.342 e. The highest BCUT2D eigenvalue weighted by Crippen LogP contribution is 2.22. The van der Waals surface area contributed by atoms with Crippen molar-refractivity contribution in [2.75, 3.05) is 18.8 Å². The number of carbonyl (C=O) groups excluding carboxylic acids is 1. The molecule has 0 radical (unpaired) electrons. The normalized spacial score (nSPS) is 18.2. The molecule has 1 saturated heterocycles. The average Bonchev–Trinajstić information content (AvgIpc) is 3.01. The first-order chi connectivity index (χ1) is 11.1. The van der Waals surface area contributed by atoms with Crippen LogP contribution in [0.2, 0.25) is 5.02 Å². The van der Waals surface area contributed by atoms with E-state index in [9.17, 15) is 4.79 Å². The summed E-state index contributed by atoms with van der Waals surface area (Å²) in [6.07, 6.45) is 2.28. The zero-order valence-corrected chi connectivity index (χ0v) is 14.4. The molecule has 0 saturated carbocycles. The van der Waals surface area contributed by atoms with Crippen LogP contribution in [-0.4, -0.2) is 49.9 Å². The molecule has 2 heterocycles. The number of hydrogen-bond acceptors (Lipinski definition) is 5. The third-order valence-electron chi connectivity index (χ3n) is 3.83. The van der Waals surface area contributed by atoms with E-state index in [0.29, 0.717) is 21.8 Å². The Labute approximate surface area is 144 Å². The van der Waals surface area contributed by atoms with Crippen molar-refractivity contribution in [1.82, 2.24) is 25.1 Å². The van der Waals surface area contributed by atoms with Gasteiger partial charge in [0.15, 0.2) is 0 Å². The number of carbonyl (C=O) groups is 1. The minimum absolute atomic E-state index is 0.141. The number of amides is 1. The Morgan fingerprint density at radius 1 is 1.48 bits per heavy atom. The first-order valence-corrected chi connectivity index (χ1v) is 8.95. The number of aromatic nitrogens is 4. The number of piperidine rings is 1. The standard InChI is InChI=1S/C15H18ClN5OS/c1-11-4-3-7-20(9-11)14(22)10-23-15-17-18-19-21(15)13-6-2-5-12(16)8-13/h2,5-6,8,11H,3-4,7,9-10H2,1H3/t11-/m0/s1. The van der Waals surface area contributed by atoms with Gasteiger partial charge in [0.1, 0.15) is 0 Å². The van der Waals surface area contributed by atoms with Crippen molar-refractivity contribution >= 4 is 29.3 Å². The maximum atomic E-state index is 12.3. The predicted molar refractivity (Wildman–Crippen MR) is 89.9 cm³/mol. The van der Waals surface area contributed by atoms with Crippen LogP contribution < -0.4 is 0 Å². The lowest BCUT2D eigenvalue weighted by Gasteiger charge is -2.30. The number of halogens is 1. The van der Waals surface area contributed by atoms with Gasteiger partial charge in [-0.3, -0.25) is 4.79 Å². The summed E-state index contributed by atoms with van der Waals surface area (Å²) in [6.45, 7) is 3.88. The summed E-state index contributed by atoms with van der Waals surface area (Å²) in [5.41, 5.74) is 0.782. The molecule has 23 heavy (non-hydrogen) atoms. The Hall–Kier alpha value is -1.60. The molecule has 6 nitrogen and oxygen atoms in total. The Morgan fingerprint density at radius 2 is 2.35 bits per heavy atom. The third kappa shape index (κ3) is 4.03. The summed E-state index contributed by atoms with van der Waals surface area (Å²) >= 11 is 7.36. The van der Waals surface area contributed by atoms with E-state index in [4.69, 9.17) is 11.6 Å². The summed E-state index contributed by atoms with van der Waals surface area (Å²) in [4.78, 5) is 14.3. The van der Waals surface area contributed by atoms with E-state index in [2.05, 4.69) is 22.4 Å².